The van der Waals surface area contributed by atoms with Crippen molar-refractivity contribution in [1.82, 2.24) is 18.8 Å². The number of amides is 1. The molecule has 0 aliphatic carbocycles. The molecule has 184 valence electrons. The lowest BCUT2D eigenvalue weighted by Crippen LogP contribution is -2.43. The number of imidazole rings is 1. The molecule has 1 aliphatic rings. The van der Waals surface area contributed by atoms with Gasteiger partial charge in [0.1, 0.15) is 5.82 Å². The number of piperidine rings is 1. The first kappa shape index (κ1) is 25.6. The molecule has 1 saturated heterocycles. The van der Waals surface area contributed by atoms with Gasteiger partial charge in [0.15, 0.2) is 0 Å². The lowest BCUT2D eigenvalue weighted by Gasteiger charge is -2.32. The minimum absolute atomic E-state index is 0.129. The number of likely N-dealkylation sites (tertiary alicyclic amines) is 1. The maximum absolute atomic E-state index is 12.9. The Morgan fingerprint density at radius 3 is 2.73 bits per heavy atom. The molecule has 0 saturated carbocycles. The maximum atomic E-state index is 12.9. The molecule has 0 spiro atoms. The van der Waals surface area contributed by atoms with Crippen LogP contribution in [0.3, 0.4) is 0 Å². The van der Waals surface area contributed by atoms with Gasteiger partial charge >= 0.3 is 0 Å². The zero-order valence-electron chi connectivity index (χ0n) is 20.4. The fourth-order valence-corrected chi connectivity index (χ4v) is 5.17. The molecule has 0 N–H and O–H groups in total. The van der Waals surface area contributed by atoms with E-state index in [0.717, 1.165) is 63.1 Å². The molecule has 1 atom stereocenters. The summed E-state index contributed by atoms with van der Waals surface area (Å²) >= 11 is 0. The number of aryl methyl sites for hydroxylation is 2. The smallest absolute Gasteiger partial charge is 0.242 e. The van der Waals surface area contributed by atoms with Crippen LogP contribution in [0, 0.1) is 0 Å². The van der Waals surface area contributed by atoms with Crippen molar-refractivity contribution in [3.05, 3.63) is 24.0 Å². The first-order valence-electron chi connectivity index (χ1n) is 12.1. The van der Waals surface area contributed by atoms with E-state index in [4.69, 9.17) is 9.72 Å². The van der Waals surface area contributed by atoms with Crippen molar-refractivity contribution in [2.24, 2.45) is 0 Å². The predicted octanol–water partition coefficient (Wildman–Crippen LogP) is 3.44. The second kappa shape index (κ2) is 11.4. The Kier molecular flexibility index (Phi) is 8.89. The van der Waals surface area contributed by atoms with E-state index >= 15 is 0 Å². The average Bonchev–Trinajstić information content (AvgIpc) is 3.16. The lowest BCUT2D eigenvalue weighted by molar-refractivity contribution is -0.135. The summed E-state index contributed by atoms with van der Waals surface area (Å²) in [6, 6.07) is 5.11. The summed E-state index contributed by atoms with van der Waals surface area (Å²) in [5, 5.41) is 0. The monoisotopic (exact) mass is 478 g/mol. The number of nitrogens with zero attached hydrogens (tertiary/aromatic N) is 4. The fraction of sp³-hybridized carbons (Fsp3) is 0.667. The van der Waals surface area contributed by atoms with Crippen molar-refractivity contribution in [2.45, 2.75) is 76.3 Å². The third kappa shape index (κ3) is 6.13. The Bertz CT molecular complexity index is 1050. The van der Waals surface area contributed by atoms with Crippen LogP contribution in [-0.2, 0) is 32.5 Å². The number of hydrogen-bond donors (Lipinski definition) is 0. The van der Waals surface area contributed by atoms with Gasteiger partial charge in [-0.25, -0.2) is 17.7 Å². The van der Waals surface area contributed by atoms with Crippen LogP contribution in [0.4, 0.5) is 0 Å². The van der Waals surface area contributed by atoms with Crippen LogP contribution in [0.15, 0.2) is 23.1 Å². The maximum Gasteiger partial charge on any atom is 0.242 e. The Morgan fingerprint density at radius 1 is 1.24 bits per heavy atom. The normalized spacial score (nSPS) is 17.2. The number of rotatable bonds is 11. The van der Waals surface area contributed by atoms with E-state index in [-0.39, 0.29) is 16.9 Å². The van der Waals surface area contributed by atoms with Crippen LogP contribution in [0.1, 0.15) is 58.2 Å². The fourth-order valence-electron chi connectivity index (χ4n) is 4.25. The van der Waals surface area contributed by atoms with Gasteiger partial charge in [0, 0.05) is 53.2 Å². The van der Waals surface area contributed by atoms with Crippen LogP contribution in [0.25, 0.3) is 11.0 Å². The standard InChI is InChI=1S/C24H38N4O4S/c1-5-7-15-28-22-11-10-20(33(30,31)26(3)4)17-21(22)25-23(28)12-13-24(29)27-14-8-9-19(18-27)32-16-6-2/h10-11,17,19H,5-9,12-16,18H2,1-4H3. The minimum Gasteiger partial charge on any atom is -0.376 e. The Hall–Kier alpha value is -1.97. The number of sulfonamides is 1. The zero-order valence-corrected chi connectivity index (χ0v) is 21.2. The third-order valence-electron chi connectivity index (χ3n) is 6.16. The number of carbonyl (C=O) groups is 1. The Balaban J connectivity index is 1.77. The molecule has 1 amide bonds. The molecule has 1 fully saturated rings. The van der Waals surface area contributed by atoms with Gasteiger partial charge in [0.05, 0.1) is 22.0 Å². The van der Waals surface area contributed by atoms with Crippen molar-refractivity contribution in [3.63, 3.8) is 0 Å². The first-order valence-corrected chi connectivity index (χ1v) is 13.5. The van der Waals surface area contributed by atoms with Crippen LogP contribution in [0.2, 0.25) is 0 Å². The van der Waals surface area contributed by atoms with Gasteiger partial charge in [-0.05, 0) is 43.9 Å². The molecular weight excluding hydrogens is 440 g/mol. The summed E-state index contributed by atoms with van der Waals surface area (Å²) in [6.07, 6.45) is 6.05. The topological polar surface area (TPSA) is 84.7 Å². The van der Waals surface area contributed by atoms with Crippen molar-refractivity contribution in [3.8, 4) is 0 Å². The van der Waals surface area contributed by atoms with Crippen molar-refractivity contribution < 1.29 is 17.9 Å². The SMILES string of the molecule is CCCCn1c(CCC(=O)N2CCCC(OCCC)C2)nc2cc(S(=O)(=O)N(C)C)ccc21. The van der Waals surface area contributed by atoms with Crippen LogP contribution >= 0.6 is 0 Å². The quantitative estimate of drug-likeness (QED) is 0.494. The molecule has 8 nitrogen and oxygen atoms in total. The Morgan fingerprint density at radius 2 is 2.03 bits per heavy atom. The van der Waals surface area contributed by atoms with E-state index in [0.29, 0.717) is 24.9 Å². The van der Waals surface area contributed by atoms with Crippen molar-refractivity contribution >= 4 is 27.0 Å². The van der Waals surface area contributed by atoms with Gasteiger partial charge in [0.25, 0.3) is 0 Å². The molecule has 9 heteroatoms. The van der Waals surface area contributed by atoms with Crippen LogP contribution in [-0.4, -0.2) is 73.0 Å². The van der Waals surface area contributed by atoms with Crippen LogP contribution < -0.4 is 0 Å². The van der Waals surface area contributed by atoms with Gasteiger partial charge < -0.3 is 14.2 Å². The molecular formula is C24H38N4O4S. The largest absolute Gasteiger partial charge is 0.376 e. The highest BCUT2D eigenvalue weighted by Crippen LogP contribution is 2.24. The number of aromatic nitrogens is 2. The summed E-state index contributed by atoms with van der Waals surface area (Å²) in [5.74, 6) is 0.965. The molecule has 3 rings (SSSR count). The van der Waals surface area contributed by atoms with Crippen LogP contribution in [0.5, 0.6) is 0 Å². The highest BCUT2D eigenvalue weighted by molar-refractivity contribution is 7.89. The van der Waals surface area contributed by atoms with Gasteiger partial charge in [-0.2, -0.15) is 0 Å². The summed E-state index contributed by atoms with van der Waals surface area (Å²) in [6.45, 7) is 7.21. The minimum atomic E-state index is -3.53. The van der Waals surface area contributed by atoms with E-state index in [2.05, 4.69) is 18.4 Å². The van der Waals surface area contributed by atoms with E-state index in [1.54, 1.807) is 12.1 Å². The Labute approximate surface area is 198 Å². The third-order valence-corrected chi connectivity index (χ3v) is 7.97. The van der Waals surface area contributed by atoms with Gasteiger partial charge in [-0.3, -0.25) is 4.79 Å². The molecule has 0 bridgehead atoms. The molecule has 2 heterocycles. The van der Waals surface area contributed by atoms with Gasteiger partial charge in [-0.15, -0.1) is 0 Å². The summed E-state index contributed by atoms with van der Waals surface area (Å²) in [5.41, 5.74) is 1.57. The average molecular weight is 479 g/mol. The molecule has 2 aromatic rings. The number of unbranched alkanes of at least 4 members (excludes halogenated alkanes) is 1. The molecule has 1 unspecified atom stereocenters. The highest BCUT2D eigenvalue weighted by Gasteiger charge is 2.25. The molecule has 0 radical (unpaired) electrons. The molecule has 1 aromatic carbocycles. The number of hydrogen-bond acceptors (Lipinski definition) is 5. The molecule has 1 aliphatic heterocycles. The summed E-state index contributed by atoms with van der Waals surface area (Å²) in [7, 11) is -0.484. The van der Waals surface area contributed by atoms with Crippen molar-refractivity contribution in [1.29, 1.82) is 0 Å². The first-order chi connectivity index (χ1) is 15.8. The number of ether oxygens (including phenoxy) is 1. The number of benzene rings is 1. The van der Waals surface area contributed by atoms with Gasteiger partial charge in [0.2, 0.25) is 15.9 Å². The second-order valence-corrected chi connectivity index (χ2v) is 11.1. The summed E-state index contributed by atoms with van der Waals surface area (Å²) in [4.78, 5) is 19.8. The molecule has 33 heavy (non-hydrogen) atoms. The van der Waals surface area contributed by atoms with E-state index in [1.165, 1.54) is 18.4 Å². The van der Waals surface area contributed by atoms with Gasteiger partial charge in [-0.1, -0.05) is 20.3 Å². The number of carbonyl (C=O) groups excluding carboxylic acids is 1. The van der Waals surface area contributed by atoms with E-state index in [9.17, 15) is 13.2 Å². The highest BCUT2D eigenvalue weighted by atomic mass is 32.2. The van der Waals surface area contributed by atoms with E-state index < -0.39 is 10.0 Å². The number of fused-ring (bicyclic) bond motifs is 1. The lowest BCUT2D eigenvalue weighted by atomic mass is 10.1. The van der Waals surface area contributed by atoms with Crippen molar-refractivity contribution in [2.75, 3.05) is 33.8 Å². The van der Waals surface area contributed by atoms with E-state index in [1.807, 2.05) is 11.0 Å². The summed E-state index contributed by atoms with van der Waals surface area (Å²) < 4.78 is 34.3. The second-order valence-electron chi connectivity index (χ2n) is 8.95. The zero-order chi connectivity index (χ0) is 24.0. The predicted molar refractivity (Wildman–Crippen MR) is 130 cm³/mol. The molecule has 1 aromatic heterocycles.